The SMILES string of the molecule is O=C(O)COc1ccc(OC(F)(F)F)c(-c2ccc(F)c3c2CN(C(=O)O)CC3)c1.c1ccccc1. The Balaban J connectivity index is 0.000000526. The minimum atomic E-state index is -5.02. The van der Waals surface area contributed by atoms with Gasteiger partial charge in [0.1, 0.15) is 17.3 Å². The summed E-state index contributed by atoms with van der Waals surface area (Å²) in [5.74, 6) is -2.56. The van der Waals surface area contributed by atoms with E-state index in [1.165, 1.54) is 6.07 Å². The molecule has 0 aliphatic carbocycles. The molecule has 1 aliphatic heterocycles. The van der Waals surface area contributed by atoms with Gasteiger partial charge in [-0.3, -0.25) is 0 Å². The minimum Gasteiger partial charge on any atom is -0.482 e. The van der Waals surface area contributed by atoms with Crippen LogP contribution in [0.25, 0.3) is 11.1 Å². The Morgan fingerprint density at radius 2 is 1.56 bits per heavy atom. The topological polar surface area (TPSA) is 96.3 Å². The zero-order chi connectivity index (χ0) is 26.3. The molecule has 36 heavy (non-hydrogen) atoms. The van der Waals surface area contributed by atoms with Crippen LogP contribution in [0.1, 0.15) is 11.1 Å². The molecule has 1 aliphatic rings. The lowest BCUT2D eigenvalue weighted by Crippen LogP contribution is -2.35. The number of halogens is 4. The van der Waals surface area contributed by atoms with Gasteiger partial charge in [0.15, 0.2) is 6.61 Å². The number of benzene rings is 3. The van der Waals surface area contributed by atoms with Gasteiger partial charge in [-0.15, -0.1) is 13.2 Å². The quantitative estimate of drug-likeness (QED) is 0.438. The van der Waals surface area contributed by atoms with Crippen molar-refractivity contribution >= 4 is 12.1 Å². The Bertz CT molecular complexity index is 1190. The van der Waals surface area contributed by atoms with Crippen molar-refractivity contribution in [1.29, 1.82) is 0 Å². The fourth-order valence-electron chi connectivity index (χ4n) is 3.60. The first-order chi connectivity index (χ1) is 17.0. The van der Waals surface area contributed by atoms with Crippen molar-refractivity contribution in [2.24, 2.45) is 0 Å². The van der Waals surface area contributed by atoms with E-state index in [1.807, 2.05) is 36.4 Å². The van der Waals surface area contributed by atoms with E-state index in [1.54, 1.807) is 0 Å². The molecule has 3 aromatic rings. The van der Waals surface area contributed by atoms with Crippen LogP contribution in [-0.4, -0.2) is 46.7 Å². The lowest BCUT2D eigenvalue weighted by Gasteiger charge is -2.29. The average molecular weight is 507 g/mol. The number of rotatable bonds is 5. The first-order valence-electron chi connectivity index (χ1n) is 10.6. The number of aliphatic carboxylic acids is 1. The molecule has 0 atom stereocenters. The molecule has 1 heterocycles. The second-order valence-electron chi connectivity index (χ2n) is 7.55. The average Bonchev–Trinajstić information content (AvgIpc) is 2.84. The van der Waals surface area contributed by atoms with Crippen molar-refractivity contribution in [1.82, 2.24) is 4.90 Å². The van der Waals surface area contributed by atoms with E-state index in [0.29, 0.717) is 0 Å². The normalized spacial score (nSPS) is 12.6. The van der Waals surface area contributed by atoms with Crippen LogP contribution in [0.3, 0.4) is 0 Å². The van der Waals surface area contributed by atoms with Crippen LogP contribution in [0.5, 0.6) is 11.5 Å². The largest absolute Gasteiger partial charge is 0.573 e. The number of carboxylic acid groups (broad SMARTS) is 2. The van der Waals surface area contributed by atoms with Crippen molar-refractivity contribution in [3.05, 3.63) is 83.7 Å². The van der Waals surface area contributed by atoms with E-state index in [0.717, 1.165) is 29.2 Å². The summed E-state index contributed by atoms with van der Waals surface area (Å²) >= 11 is 0. The monoisotopic (exact) mass is 507 g/mol. The third-order valence-electron chi connectivity index (χ3n) is 5.12. The molecular formula is C25H21F4NO6. The summed E-state index contributed by atoms with van der Waals surface area (Å²) < 4.78 is 62.0. The Hall–Kier alpha value is -4.28. The van der Waals surface area contributed by atoms with Crippen molar-refractivity contribution in [3.8, 4) is 22.6 Å². The molecule has 0 aromatic heterocycles. The van der Waals surface area contributed by atoms with Crippen LogP contribution in [-0.2, 0) is 17.8 Å². The lowest BCUT2D eigenvalue weighted by atomic mass is 9.90. The number of carbonyl (C=O) groups is 2. The number of carboxylic acids is 1. The molecule has 2 N–H and O–H groups in total. The predicted molar refractivity (Wildman–Crippen MR) is 120 cm³/mol. The Kier molecular flexibility index (Phi) is 8.36. The molecule has 0 radical (unpaired) electrons. The molecule has 0 saturated heterocycles. The van der Waals surface area contributed by atoms with Gasteiger partial charge in [0, 0.05) is 18.7 Å². The van der Waals surface area contributed by atoms with Crippen LogP contribution in [0.2, 0.25) is 0 Å². The second-order valence-corrected chi connectivity index (χ2v) is 7.55. The summed E-state index contributed by atoms with van der Waals surface area (Å²) in [7, 11) is 0. The van der Waals surface area contributed by atoms with E-state index in [-0.39, 0.29) is 47.5 Å². The molecule has 7 nitrogen and oxygen atoms in total. The molecule has 11 heteroatoms. The number of amides is 1. The molecule has 0 saturated carbocycles. The molecular weight excluding hydrogens is 486 g/mol. The van der Waals surface area contributed by atoms with Crippen LogP contribution in [0.15, 0.2) is 66.7 Å². The van der Waals surface area contributed by atoms with E-state index in [9.17, 15) is 32.3 Å². The van der Waals surface area contributed by atoms with Crippen molar-refractivity contribution < 1.29 is 46.8 Å². The summed E-state index contributed by atoms with van der Waals surface area (Å²) in [6.07, 6.45) is -6.22. The van der Waals surface area contributed by atoms with Gasteiger partial charge >= 0.3 is 18.4 Å². The third-order valence-corrected chi connectivity index (χ3v) is 5.12. The summed E-state index contributed by atoms with van der Waals surface area (Å²) in [5.41, 5.74) is 0.377. The fraction of sp³-hybridized carbons (Fsp3) is 0.200. The lowest BCUT2D eigenvalue weighted by molar-refractivity contribution is -0.274. The highest BCUT2D eigenvalue weighted by Crippen LogP contribution is 2.40. The molecule has 1 amide bonds. The molecule has 0 fully saturated rings. The minimum absolute atomic E-state index is 0.0381. The number of alkyl halides is 3. The van der Waals surface area contributed by atoms with Gasteiger partial charge in [0.2, 0.25) is 0 Å². The number of fused-ring (bicyclic) bond motifs is 1. The number of hydrogen-bond donors (Lipinski definition) is 2. The highest BCUT2D eigenvalue weighted by molar-refractivity contribution is 5.77. The Morgan fingerprint density at radius 3 is 2.11 bits per heavy atom. The van der Waals surface area contributed by atoms with Crippen molar-refractivity contribution in [3.63, 3.8) is 0 Å². The van der Waals surface area contributed by atoms with Crippen molar-refractivity contribution in [2.75, 3.05) is 13.2 Å². The first kappa shape index (κ1) is 26.3. The molecule has 0 unspecified atom stereocenters. The summed E-state index contributed by atoms with van der Waals surface area (Å²) in [6.45, 7) is -0.924. The summed E-state index contributed by atoms with van der Waals surface area (Å²) in [5, 5.41) is 18.0. The van der Waals surface area contributed by atoms with E-state index in [4.69, 9.17) is 9.84 Å². The van der Waals surface area contributed by atoms with Crippen molar-refractivity contribution in [2.45, 2.75) is 19.3 Å². The Labute approximate surface area is 203 Å². The number of nitrogens with zero attached hydrogens (tertiary/aromatic N) is 1. The molecule has 0 bridgehead atoms. The van der Waals surface area contributed by atoms with Gasteiger partial charge in [-0.25, -0.2) is 14.0 Å². The summed E-state index contributed by atoms with van der Waals surface area (Å²) in [6, 6.07) is 17.5. The fourth-order valence-corrected chi connectivity index (χ4v) is 3.60. The van der Waals surface area contributed by atoms with E-state index < -0.39 is 36.6 Å². The van der Waals surface area contributed by atoms with Crippen LogP contribution in [0, 0.1) is 5.82 Å². The van der Waals surface area contributed by atoms with E-state index in [2.05, 4.69) is 4.74 Å². The molecule has 0 spiro atoms. The third kappa shape index (κ3) is 7.11. The highest BCUT2D eigenvalue weighted by Gasteiger charge is 2.33. The van der Waals surface area contributed by atoms with Gasteiger partial charge in [0.05, 0.1) is 0 Å². The molecule has 3 aromatic carbocycles. The van der Waals surface area contributed by atoms with Gasteiger partial charge in [-0.05, 0) is 47.4 Å². The van der Waals surface area contributed by atoms with E-state index >= 15 is 0 Å². The van der Waals surface area contributed by atoms with Gasteiger partial charge in [-0.1, -0.05) is 42.5 Å². The van der Waals surface area contributed by atoms with Crippen LogP contribution >= 0.6 is 0 Å². The standard InChI is InChI=1S/C19H15F4NO6.C6H6/c20-15-3-2-11(14-8-24(18(27)28)6-5-12(14)15)13-7-10(29-9-17(25)26)1-4-16(13)30-19(21,22)23;1-2-4-6-5-3-1/h1-4,7H,5-6,8-9H2,(H,25,26)(H,27,28);1-6H. The smallest absolute Gasteiger partial charge is 0.482 e. The zero-order valence-corrected chi connectivity index (χ0v) is 18.7. The second kappa shape index (κ2) is 11.4. The van der Waals surface area contributed by atoms with Gasteiger partial charge in [-0.2, -0.15) is 0 Å². The Morgan fingerprint density at radius 1 is 0.917 bits per heavy atom. The maximum absolute atomic E-state index is 14.3. The first-order valence-corrected chi connectivity index (χ1v) is 10.6. The summed E-state index contributed by atoms with van der Waals surface area (Å²) in [4.78, 5) is 23.1. The maximum atomic E-state index is 14.3. The van der Waals surface area contributed by atoms with Gasteiger partial charge in [0.25, 0.3) is 0 Å². The predicted octanol–water partition coefficient (Wildman–Crippen LogP) is 5.58. The molecule has 4 rings (SSSR count). The van der Waals surface area contributed by atoms with Gasteiger partial charge < -0.3 is 24.6 Å². The molecule has 190 valence electrons. The number of hydrogen-bond acceptors (Lipinski definition) is 4. The van der Waals surface area contributed by atoms with Crippen LogP contribution < -0.4 is 9.47 Å². The number of ether oxygens (including phenoxy) is 2. The zero-order valence-electron chi connectivity index (χ0n) is 18.7. The van der Waals surface area contributed by atoms with Crippen LogP contribution in [0.4, 0.5) is 22.4 Å². The maximum Gasteiger partial charge on any atom is 0.573 e. The highest BCUT2D eigenvalue weighted by atomic mass is 19.4.